The number of nitro groups is 1. The highest BCUT2D eigenvalue weighted by Crippen LogP contribution is 2.52. The van der Waals surface area contributed by atoms with E-state index >= 15 is 0 Å². The molecular formula is C16H13N3O5. The molecule has 0 aromatic heterocycles. The third kappa shape index (κ3) is 1.96. The minimum atomic E-state index is -0.722. The van der Waals surface area contributed by atoms with Gasteiger partial charge in [-0.05, 0) is 24.3 Å². The van der Waals surface area contributed by atoms with Crippen molar-refractivity contribution < 1.29 is 19.3 Å². The van der Waals surface area contributed by atoms with Gasteiger partial charge in [0, 0.05) is 17.7 Å². The largest absolute Gasteiger partial charge is 0.272 e. The first-order chi connectivity index (χ1) is 11.5. The number of hydrogen-bond acceptors (Lipinski definition) is 5. The quantitative estimate of drug-likeness (QED) is 0.386. The lowest BCUT2D eigenvalue weighted by molar-refractivity contribution is -0.384. The van der Waals surface area contributed by atoms with Gasteiger partial charge < -0.3 is 0 Å². The van der Waals surface area contributed by atoms with Crippen molar-refractivity contribution in [3.05, 3.63) is 52.1 Å². The second-order valence-electron chi connectivity index (χ2n) is 6.26. The smallest absolute Gasteiger partial charge is 0.270 e. The van der Waals surface area contributed by atoms with Gasteiger partial charge in [0.2, 0.25) is 0 Å². The van der Waals surface area contributed by atoms with Gasteiger partial charge in [-0.1, -0.05) is 18.2 Å². The van der Waals surface area contributed by atoms with Crippen molar-refractivity contribution in [2.45, 2.75) is 6.42 Å². The number of nitrogens with zero attached hydrogens (tertiary/aromatic N) is 2. The maximum atomic E-state index is 12.5. The van der Waals surface area contributed by atoms with E-state index in [1.165, 1.54) is 18.2 Å². The molecule has 8 nitrogen and oxygen atoms in total. The van der Waals surface area contributed by atoms with Crippen LogP contribution in [0.4, 0.5) is 5.69 Å². The van der Waals surface area contributed by atoms with Gasteiger partial charge in [0.1, 0.15) is 0 Å². The summed E-state index contributed by atoms with van der Waals surface area (Å²) in [5, 5.41) is 11.6. The van der Waals surface area contributed by atoms with Crippen molar-refractivity contribution in [1.29, 1.82) is 0 Å². The monoisotopic (exact) mass is 327 g/mol. The average molecular weight is 327 g/mol. The third-order valence-electron chi connectivity index (χ3n) is 5.00. The van der Waals surface area contributed by atoms with E-state index in [0.29, 0.717) is 0 Å². The Hall–Kier alpha value is -3.03. The Morgan fingerprint density at radius 3 is 2.38 bits per heavy atom. The number of nitrogens with one attached hydrogen (secondary N) is 1. The lowest BCUT2D eigenvalue weighted by Crippen LogP contribution is -2.47. The molecule has 2 fully saturated rings. The summed E-state index contributed by atoms with van der Waals surface area (Å²) in [4.78, 5) is 47.4. The molecule has 8 heteroatoms. The molecule has 1 aliphatic heterocycles. The summed E-state index contributed by atoms with van der Waals surface area (Å²) in [6.45, 7) is 0. The van der Waals surface area contributed by atoms with Crippen molar-refractivity contribution in [2.75, 3.05) is 0 Å². The predicted molar refractivity (Wildman–Crippen MR) is 80.1 cm³/mol. The normalized spacial score (nSPS) is 29.9. The van der Waals surface area contributed by atoms with Crippen LogP contribution in [0.2, 0.25) is 0 Å². The zero-order valence-corrected chi connectivity index (χ0v) is 12.4. The molecule has 1 aromatic rings. The number of carbonyl (C=O) groups is 3. The van der Waals surface area contributed by atoms with Crippen LogP contribution in [0.1, 0.15) is 16.8 Å². The van der Waals surface area contributed by atoms with Crippen molar-refractivity contribution >= 4 is 23.4 Å². The number of hydrogen-bond donors (Lipinski definition) is 1. The Morgan fingerprint density at radius 2 is 1.79 bits per heavy atom. The number of amides is 3. The number of imide groups is 1. The molecule has 0 radical (unpaired) electrons. The molecule has 1 saturated carbocycles. The highest BCUT2D eigenvalue weighted by Gasteiger charge is 2.59. The summed E-state index contributed by atoms with van der Waals surface area (Å²) in [5.74, 6) is -2.23. The second kappa shape index (κ2) is 4.98. The SMILES string of the molecule is O=C(NN1C(=O)[C@@H]2[C@@H](C1=O)[C@H]1C=C[C@@H]2C1)c1cccc([N+](=O)[O-])c1. The van der Waals surface area contributed by atoms with Crippen molar-refractivity contribution in [2.24, 2.45) is 23.7 Å². The van der Waals surface area contributed by atoms with Gasteiger partial charge in [-0.2, -0.15) is 5.01 Å². The van der Waals surface area contributed by atoms with Crippen molar-refractivity contribution in [3.8, 4) is 0 Å². The predicted octanol–water partition coefficient (Wildman–Crippen LogP) is 1.05. The molecule has 3 amide bonds. The number of fused-ring (bicyclic) bond motifs is 5. The molecule has 0 unspecified atom stereocenters. The number of non-ortho nitro benzene ring substituents is 1. The molecule has 3 aliphatic rings. The fourth-order valence-electron chi connectivity index (χ4n) is 3.94. The standard InChI is InChI=1S/C16H13N3O5/c20-14(10-2-1-3-11(7-10)19(23)24)17-18-15(21)12-8-4-5-9(6-8)13(12)16(18)22/h1-5,7-9,12-13H,6H2,(H,17,20)/t8-,9+,12-,13-/m0/s1. The number of nitro benzene ring substituents is 1. The van der Waals surface area contributed by atoms with Crippen LogP contribution in [0.25, 0.3) is 0 Å². The second-order valence-corrected chi connectivity index (χ2v) is 6.26. The Kier molecular flexibility index (Phi) is 3.02. The number of allylic oxidation sites excluding steroid dienone is 2. The van der Waals surface area contributed by atoms with E-state index in [-0.39, 0.29) is 23.1 Å². The van der Waals surface area contributed by atoms with E-state index in [1.807, 2.05) is 12.2 Å². The topological polar surface area (TPSA) is 110 Å². The average Bonchev–Trinajstić information content (AvgIpc) is 3.24. The Bertz CT molecular complexity index is 788. The van der Waals surface area contributed by atoms with Gasteiger partial charge in [-0.15, -0.1) is 0 Å². The van der Waals surface area contributed by atoms with Crippen LogP contribution in [0.3, 0.4) is 0 Å². The van der Waals surface area contributed by atoms with Gasteiger partial charge in [-0.25, -0.2) is 0 Å². The van der Waals surface area contributed by atoms with Crippen LogP contribution in [0.5, 0.6) is 0 Å². The highest BCUT2D eigenvalue weighted by atomic mass is 16.6. The van der Waals surface area contributed by atoms with Crippen LogP contribution in [0.15, 0.2) is 36.4 Å². The van der Waals surface area contributed by atoms with E-state index in [1.54, 1.807) is 0 Å². The van der Waals surface area contributed by atoms with Crippen LogP contribution >= 0.6 is 0 Å². The molecule has 4 atom stereocenters. The van der Waals surface area contributed by atoms with Gasteiger partial charge in [-0.3, -0.25) is 29.9 Å². The van der Waals surface area contributed by atoms with Crippen molar-refractivity contribution in [3.63, 3.8) is 0 Å². The molecule has 1 saturated heterocycles. The number of hydrazine groups is 1. The summed E-state index contributed by atoms with van der Waals surface area (Å²) < 4.78 is 0. The number of rotatable bonds is 3. The maximum Gasteiger partial charge on any atom is 0.270 e. The van der Waals surface area contributed by atoms with E-state index in [2.05, 4.69) is 5.43 Å². The fourth-order valence-corrected chi connectivity index (χ4v) is 3.94. The highest BCUT2D eigenvalue weighted by molar-refractivity contribution is 6.08. The zero-order chi connectivity index (χ0) is 17.0. The molecule has 4 rings (SSSR count). The fraction of sp³-hybridized carbons (Fsp3) is 0.312. The molecule has 1 heterocycles. The van der Waals surface area contributed by atoms with E-state index in [4.69, 9.17) is 0 Å². The molecule has 0 spiro atoms. The molecule has 1 aromatic carbocycles. The molecule has 2 bridgehead atoms. The summed E-state index contributed by atoms with van der Waals surface area (Å²) in [7, 11) is 0. The summed E-state index contributed by atoms with van der Waals surface area (Å²) in [5.41, 5.74) is 2.08. The first-order valence-corrected chi connectivity index (χ1v) is 7.59. The van der Waals surface area contributed by atoms with Crippen LogP contribution in [0, 0.1) is 33.8 Å². The molecular weight excluding hydrogens is 314 g/mol. The minimum absolute atomic E-state index is 0.0166. The maximum absolute atomic E-state index is 12.5. The van der Waals surface area contributed by atoms with Gasteiger partial charge in [0.05, 0.1) is 16.8 Å². The Morgan fingerprint density at radius 1 is 1.17 bits per heavy atom. The Balaban J connectivity index is 1.55. The van der Waals surface area contributed by atoms with Gasteiger partial charge in [0.15, 0.2) is 0 Å². The summed E-state index contributed by atoms with van der Waals surface area (Å²) >= 11 is 0. The number of carbonyl (C=O) groups excluding carboxylic acids is 3. The first kappa shape index (κ1) is 14.6. The van der Waals surface area contributed by atoms with E-state index in [0.717, 1.165) is 17.5 Å². The molecule has 2 aliphatic carbocycles. The minimum Gasteiger partial charge on any atom is -0.272 e. The van der Waals surface area contributed by atoms with Crippen LogP contribution in [-0.2, 0) is 9.59 Å². The van der Waals surface area contributed by atoms with E-state index < -0.39 is 34.5 Å². The number of benzene rings is 1. The lowest BCUT2D eigenvalue weighted by atomic mass is 9.85. The van der Waals surface area contributed by atoms with E-state index in [9.17, 15) is 24.5 Å². The first-order valence-electron chi connectivity index (χ1n) is 7.59. The third-order valence-corrected chi connectivity index (χ3v) is 5.00. The molecule has 24 heavy (non-hydrogen) atoms. The zero-order valence-electron chi connectivity index (χ0n) is 12.4. The summed E-state index contributed by atoms with van der Waals surface area (Å²) in [6, 6.07) is 5.13. The van der Waals surface area contributed by atoms with Gasteiger partial charge in [0.25, 0.3) is 23.4 Å². The summed E-state index contributed by atoms with van der Waals surface area (Å²) in [6.07, 6.45) is 4.73. The van der Waals surface area contributed by atoms with Gasteiger partial charge >= 0.3 is 0 Å². The molecule has 122 valence electrons. The van der Waals surface area contributed by atoms with Crippen LogP contribution < -0.4 is 5.43 Å². The van der Waals surface area contributed by atoms with Crippen molar-refractivity contribution in [1.82, 2.24) is 10.4 Å². The molecule has 1 N–H and O–H groups in total. The van der Waals surface area contributed by atoms with Crippen LogP contribution in [-0.4, -0.2) is 27.7 Å². The lowest BCUT2D eigenvalue weighted by Gasteiger charge is -2.17. The Labute approximate surface area is 136 Å².